The van der Waals surface area contributed by atoms with Crippen molar-refractivity contribution in [3.63, 3.8) is 0 Å². The van der Waals surface area contributed by atoms with E-state index in [1.54, 1.807) is 0 Å². The van der Waals surface area contributed by atoms with Crippen LogP contribution in [0.25, 0.3) is 0 Å². The highest BCUT2D eigenvalue weighted by Gasteiger charge is 2.16. The first-order valence-electron chi connectivity index (χ1n) is 6.25. The molecular weight excluding hydrogens is 281 g/mol. The summed E-state index contributed by atoms with van der Waals surface area (Å²) in [6.45, 7) is 4.73. The highest BCUT2D eigenvalue weighted by atomic mass is 35.5. The van der Waals surface area contributed by atoms with Crippen LogP contribution in [0.15, 0.2) is 24.3 Å². The summed E-state index contributed by atoms with van der Waals surface area (Å²) in [5.74, 6) is 0. The van der Waals surface area contributed by atoms with Crippen molar-refractivity contribution >= 4 is 23.2 Å². The van der Waals surface area contributed by atoms with Crippen LogP contribution in [0.5, 0.6) is 0 Å². The Morgan fingerprint density at radius 3 is 2.74 bits per heavy atom. The Kier molecular flexibility index (Phi) is 4.50. The van der Waals surface area contributed by atoms with E-state index in [-0.39, 0.29) is 6.04 Å². The maximum Gasteiger partial charge on any atom is 0.0847 e. The fourth-order valence-electron chi connectivity index (χ4n) is 2.13. The van der Waals surface area contributed by atoms with Crippen LogP contribution in [-0.4, -0.2) is 9.78 Å². The van der Waals surface area contributed by atoms with E-state index < -0.39 is 0 Å². The predicted molar refractivity (Wildman–Crippen MR) is 79.7 cm³/mol. The molecule has 2 N–H and O–H groups in total. The minimum Gasteiger partial charge on any atom is -0.324 e. The van der Waals surface area contributed by atoms with Crippen LogP contribution in [0.1, 0.15) is 29.9 Å². The molecule has 1 heterocycles. The van der Waals surface area contributed by atoms with Crippen molar-refractivity contribution in [1.82, 2.24) is 9.78 Å². The molecule has 0 amide bonds. The topological polar surface area (TPSA) is 43.8 Å². The lowest BCUT2D eigenvalue weighted by atomic mass is 10.0. The Morgan fingerprint density at radius 1 is 1.37 bits per heavy atom. The average molecular weight is 298 g/mol. The molecule has 0 saturated carbocycles. The number of benzene rings is 1. The van der Waals surface area contributed by atoms with Crippen LogP contribution in [0.2, 0.25) is 10.0 Å². The zero-order valence-electron chi connectivity index (χ0n) is 11.0. The summed E-state index contributed by atoms with van der Waals surface area (Å²) >= 11 is 12.3. The molecule has 0 aliphatic carbocycles. The summed E-state index contributed by atoms with van der Waals surface area (Å²) in [6.07, 6.45) is 0.647. The van der Waals surface area contributed by atoms with Crippen LogP contribution < -0.4 is 5.73 Å². The predicted octanol–water partition coefficient (Wildman–Crippen LogP) is 3.76. The molecule has 0 bridgehead atoms. The Bertz CT molecular complexity index is 578. The van der Waals surface area contributed by atoms with E-state index in [1.165, 1.54) is 0 Å². The minimum absolute atomic E-state index is 0.141. The second-order valence-corrected chi connectivity index (χ2v) is 5.34. The molecule has 0 fully saturated rings. The van der Waals surface area contributed by atoms with Gasteiger partial charge < -0.3 is 5.73 Å². The van der Waals surface area contributed by atoms with Gasteiger partial charge in [-0.1, -0.05) is 35.3 Å². The van der Waals surface area contributed by atoms with Crippen LogP contribution >= 0.6 is 23.2 Å². The quantitative estimate of drug-likeness (QED) is 0.934. The van der Waals surface area contributed by atoms with Crippen molar-refractivity contribution in [2.45, 2.75) is 32.9 Å². The molecule has 19 heavy (non-hydrogen) atoms. The first-order chi connectivity index (χ1) is 9.02. The summed E-state index contributed by atoms with van der Waals surface area (Å²) in [4.78, 5) is 0. The second-order valence-electron chi connectivity index (χ2n) is 4.53. The molecule has 3 nitrogen and oxygen atoms in total. The largest absolute Gasteiger partial charge is 0.324 e. The first-order valence-corrected chi connectivity index (χ1v) is 7.01. The van der Waals surface area contributed by atoms with E-state index in [2.05, 4.69) is 5.10 Å². The van der Waals surface area contributed by atoms with Gasteiger partial charge in [-0.25, -0.2) is 0 Å². The molecule has 0 aliphatic rings. The number of hydrogen-bond donors (Lipinski definition) is 1. The lowest BCUT2D eigenvalue weighted by Crippen LogP contribution is -2.16. The van der Waals surface area contributed by atoms with Crippen molar-refractivity contribution < 1.29 is 0 Å². The number of nitrogens with two attached hydrogens (primary N) is 1. The number of rotatable bonds is 4. The smallest absolute Gasteiger partial charge is 0.0847 e. The van der Waals surface area contributed by atoms with Crippen LogP contribution in [0, 0.1) is 6.92 Å². The third kappa shape index (κ3) is 3.11. The summed E-state index contributed by atoms with van der Waals surface area (Å²) in [5.41, 5.74) is 9.07. The van der Waals surface area contributed by atoms with Crippen LogP contribution in [0.3, 0.4) is 0 Å². The van der Waals surface area contributed by atoms with Crippen LogP contribution in [-0.2, 0) is 13.0 Å². The van der Waals surface area contributed by atoms with Crippen LogP contribution in [0.4, 0.5) is 0 Å². The summed E-state index contributed by atoms with van der Waals surface area (Å²) in [6, 6.07) is 7.47. The van der Waals surface area contributed by atoms with E-state index >= 15 is 0 Å². The number of halogens is 2. The standard InChI is InChI=1S/C14H17Cl2N3/c1-3-19-13(14(16)9(2)18-19)8-12(17)10-5-4-6-11(15)7-10/h4-7,12H,3,8,17H2,1-2H3. The average Bonchev–Trinajstić information content (AvgIpc) is 2.66. The van der Waals surface area contributed by atoms with Gasteiger partial charge in [0.05, 0.1) is 16.4 Å². The summed E-state index contributed by atoms with van der Waals surface area (Å²) in [7, 11) is 0. The fraction of sp³-hybridized carbons (Fsp3) is 0.357. The van der Waals surface area contributed by atoms with E-state index in [0.717, 1.165) is 23.5 Å². The summed E-state index contributed by atoms with van der Waals surface area (Å²) in [5, 5.41) is 5.80. The van der Waals surface area contributed by atoms with Gasteiger partial charge in [0.15, 0.2) is 0 Å². The zero-order chi connectivity index (χ0) is 14.0. The van der Waals surface area contributed by atoms with E-state index in [0.29, 0.717) is 16.5 Å². The van der Waals surface area contributed by atoms with Gasteiger partial charge >= 0.3 is 0 Å². The SMILES string of the molecule is CCn1nc(C)c(Cl)c1CC(N)c1cccc(Cl)c1. The molecule has 102 valence electrons. The van der Waals surface area contributed by atoms with E-state index in [1.807, 2.05) is 42.8 Å². The molecule has 2 rings (SSSR count). The van der Waals surface area contributed by atoms with Gasteiger partial charge in [0.1, 0.15) is 0 Å². The molecular formula is C14H17Cl2N3. The first kappa shape index (κ1) is 14.4. The molecule has 2 aromatic rings. The molecule has 5 heteroatoms. The van der Waals surface area contributed by atoms with E-state index in [4.69, 9.17) is 28.9 Å². The Hall–Kier alpha value is -1.03. The third-order valence-corrected chi connectivity index (χ3v) is 3.87. The van der Waals surface area contributed by atoms with Gasteiger partial charge in [-0.05, 0) is 31.5 Å². The highest BCUT2D eigenvalue weighted by Crippen LogP contribution is 2.26. The minimum atomic E-state index is -0.141. The number of aromatic nitrogens is 2. The molecule has 0 radical (unpaired) electrons. The number of nitrogens with zero attached hydrogens (tertiary/aromatic N) is 2. The van der Waals surface area contributed by atoms with Gasteiger partial charge in [-0.2, -0.15) is 5.10 Å². The Morgan fingerprint density at radius 2 is 2.11 bits per heavy atom. The monoisotopic (exact) mass is 297 g/mol. The lowest BCUT2D eigenvalue weighted by molar-refractivity contribution is 0.587. The molecule has 1 aromatic heterocycles. The fourth-order valence-corrected chi connectivity index (χ4v) is 2.54. The van der Waals surface area contributed by atoms with Crippen molar-refractivity contribution in [3.05, 3.63) is 51.3 Å². The maximum atomic E-state index is 6.29. The molecule has 0 spiro atoms. The third-order valence-electron chi connectivity index (χ3n) is 3.14. The van der Waals surface area contributed by atoms with Crippen molar-refractivity contribution in [3.8, 4) is 0 Å². The van der Waals surface area contributed by atoms with E-state index in [9.17, 15) is 0 Å². The van der Waals surface area contributed by atoms with Gasteiger partial charge in [0.25, 0.3) is 0 Å². The van der Waals surface area contributed by atoms with Gasteiger partial charge in [0, 0.05) is 24.0 Å². The van der Waals surface area contributed by atoms with Crippen molar-refractivity contribution in [2.24, 2.45) is 5.73 Å². The molecule has 1 unspecified atom stereocenters. The molecule has 0 saturated heterocycles. The Labute approximate surface area is 123 Å². The molecule has 1 atom stereocenters. The lowest BCUT2D eigenvalue weighted by Gasteiger charge is -2.13. The van der Waals surface area contributed by atoms with Gasteiger partial charge in [-0.3, -0.25) is 4.68 Å². The zero-order valence-corrected chi connectivity index (χ0v) is 12.5. The second kappa shape index (κ2) is 5.95. The van der Waals surface area contributed by atoms with Crippen molar-refractivity contribution in [1.29, 1.82) is 0 Å². The number of hydrogen-bond acceptors (Lipinski definition) is 2. The molecule has 1 aromatic carbocycles. The normalized spacial score (nSPS) is 12.7. The molecule has 0 aliphatic heterocycles. The van der Waals surface area contributed by atoms with Crippen molar-refractivity contribution in [2.75, 3.05) is 0 Å². The Balaban J connectivity index is 2.26. The summed E-state index contributed by atoms with van der Waals surface area (Å²) < 4.78 is 1.90. The van der Waals surface area contributed by atoms with Gasteiger partial charge in [0.2, 0.25) is 0 Å². The van der Waals surface area contributed by atoms with Gasteiger partial charge in [-0.15, -0.1) is 0 Å². The highest BCUT2D eigenvalue weighted by molar-refractivity contribution is 6.32. The number of aryl methyl sites for hydroxylation is 2. The maximum absolute atomic E-state index is 6.29.